The summed E-state index contributed by atoms with van der Waals surface area (Å²) >= 11 is 0. The van der Waals surface area contributed by atoms with Crippen LogP contribution in [-0.2, 0) is 14.3 Å². The van der Waals surface area contributed by atoms with Gasteiger partial charge in [0.05, 0.1) is 12.0 Å². The number of nitrogens with one attached hydrogen (secondary N) is 1. The summed E-state index contributed by atoms with van der Waals surface area (Å²) in [6.07, 6.45) is 1.11. The van der Waals surface area contributed by atoms with Crippen molar-refractivity contribution in [3.8, 4) is 0 Å². The van der Waals surface area contributed by atoms with Gasteiger partial charge < -0.3 is 20.7 Å². The van der Waals surface area contributed by atoms with Gasteiger partial charge in [-0.2, -0.15) is 0 Å². The van der Waals surface area contributed by atoms with E-state index in [1.807, 2.05) is 0 Å². The van der Waals surface area contributed by atoms with Crippen LogP contribution in [0.15, 0.2) is 24.3 Å². The molecule has 1 aliphatic heterocycles. The van der Waals surface area contributed by atoms with Crippen molar-refractivity contribution in [3.63, 3.8) is 0 Å². The van der Waals surface area contributed by atoms with E-state index in [2.05, 4.69) is 5.32 Å². The molecule has 1 saturated heterocycles. The molecule has 2 amide bonds. The van der Waals surface area contributed by atoms with Crippen LogP contribution in [0.4, 0.5) is 10.1 Å². The van der Waals surface area contributed by atoms with Gasteiger partial charge in [0.25, 0.3) is 0 Å². The molecular weight excluding hydrogens is 337 g/mol. The summed E-state index contributed by atoms with van der Waals surface area (Å²) in [6, 6.07) is 5.61. The zero-order valence-corrected chi connectivity index (χ0v) is 14.4. The molecular formula is C16H23ClFN3O3. The number of ether oxygens (including phenoxy) is 1. The topological polar surface area (TPSA) is 84.7 Å². The minimum atomic E-state index is -0.661. The van der Waals surface area contributed by atoms with Crippen molar-refractivity contribution < 1.29 is 18.7 Å². The van der Waals surface area contributed by atoms with Crippen LogP contribution >= 0.6 is 12.4 Å². The first-order chi connectivity index (χ1) is 11.0. The van der Waals surface area contributed by atoms with Gasteiger partial charge in [0.15, 0.2) is 0 Å². The molecule has 0 aromatic heterocycles. The number of amides is 2. The van der Waals surface area contributed by atoms with Crippen LogP contribution in [0.1, 0.15) is 12.8 Å². The first kappa shape index (κ1) is 20.3. The average Bonchev–Trinajstić information content (AvgIpc) is 2.54. The third kappa shape index (κ3) is 4.90. The fourth-order valence-corrected chi connectivity index (χ4v) is 2.73. The van der Waals surface area contributed by atoms with Gasteiger partial charge >= 0.3 is 0 Å². The molecule has 2 rings (SSSR count). The van der Waals surface area contributed by atoms with Gasteiger partial charge in [-0.25, -0.2) is 4.39 Å². The van der Waals surface area contributed by atoms with E-state index in [1.165, 1.54) is 23.1 Å². The van der Waals surface area contributed by atoms with Crippen LogP contribution < -0.4 is 11.1 Å². The highest BCUT2D eigenvalue weighted by Gasteiger charge is 2.40. The Balaban J connectivity index is 0.00000288. The summed E-state index contributed by atoms with van der Waals surface area (Å²) in [4.78, 5) is 26.0. The molecule has 1 fully saturated rings. The molecule has 0 atom stereocenters. The van der Waals surface area contributed by atoms with Crippen molar-refractivity contribution in [1.29, 1.82) is 0 Å². The summed E-state index contributed by atoms with van der Waals surface area (Å²) in [6.45, 7) is 1.10. The highest BCUT2D eigenvalue weighted by molar-refractivity contribution is 5.95. The summed E-state index contributed by atoms with van der Waals surface area (Å²) in [5.74, 6) is -0.972. The fourth-order valence-electron chi connectivity index (χ4n) is 2.73. The lowest BCUT2D eigenvalue weighted by Gasteiger charge is -2.37. The molecule has 8 heteroatoms. The van der Waals surface area contributed by atoms with Gasteiger partial charge in [-0.15, -0.1) is 12.4 Å². The number of carbonyl (C=O) groups excluding carboxylic acids is 2. The Morgan fingerprint density at radius 2 is 2.04 bits per heavy atom. The van der Waals surface area contributed by atoms with Gasteiger partial charge in [0.2, 0.25) is 11.8 Å². The molecule has 0 unspecified atom stereocenters. The fraction of sp³-hybridized carbons (Fsp3) is 0.500. The normalized spacial score (nSPS) is 16.0. The number of anilines is 1. The Morgan fingerprint density at radius 1 is 1.38 bits per heavy atom. The van der Waals surface area contributed by atoms with E-state index in [0.29, 0.717) is 31.7 Å². The van der Waals surface area contributed by atoms with Crippen LogP contribution in [0.5, 0.6) is 0 Å². The molecule has 0 spiro atoms. The maximum absolute atomic E-state index is 13.1. The number of rotatable bonds is 5. The Morgan fingerprint density at radius 3 is 2.62 bits per heavy atom. The Hall–Kier alpha value is -1.70. The summed E-state index contributed by atoms with van der Waals surface area (Å²) in [5.41, 5.74) is 5.50. The summed E-state index contributed by atoms with van der Waals surface area (Å²) < 4.78 is 18.4. The minimum absolute atomic E-state index is 0. The maximum atomic E-state index is 13.1. The molecule has 24 heavy (non-hydrogen) atoms. The molecule has 0 saturated carbocycles. The van der Waals surface area contributed by atoms with Crippen LogP contribution in [0.25, 0.3) is 0 Å². The molecule has 0 radical (unpaired) electrons. The quantitative estimate of drug-likeness (QED) is 0.832. The zero-order chi connectivity index (χ0) is 16.9. The average molecular weight is 360 g/mol. The molecule has 134 valence electrons. The van der Waals surface area contributed by atoms with Crippen LogP contribution in [0.2, 0.25) is 0 Å². The monoisotopic (exact) mass is 359 g/mol. The number of carbonyl (C=O) groups is 2. The van der Waals surface area contributed by atoms with E-state index < -0.39 is 11.2 Å². The van der Waals surface area contributed by atoms with E-state index in [-0.39, 0.29) is 37.3 Å². The standard InChI is InChI=1S/C16H22FN3O3.ClH/c1-20(15(22)16(11-18)5-7-23-8-6-16)10-14(21)19-13-4-2-3-12(17)9-13;/h2-4,9H,5-8,10-11,18H2,1H3,(H,19,21);1H. The second-order valence-electron chi connectivity index (χ2n) is 5.82. The van der Waals surface area contributed by atoms with Gasteiger partial charge in [-0.05, 0) is 31.0 Å². The molecule has 1 aromatic rings. The van der Waals surface area contributed by atoms with Gasteiger partial charge in [0, 0.05) is 32.5 Å². The number of nitrogens with zero attached hydrogens (tertiary/aromatic N) is 1. The molecule has 1 aliphatic rings. The lowest BCUT2D eigenvalue weighted by atomic mass is 9.79. The third-order valence-corrected chi connectivity index (χ3v) is 4.13. The Bertz CT molecular complexity index is 579. The van der Waals surface area contributed by atoms with E-state index in [1.54, 1.807) is 13.1 Å². The first-order valence-corrected chi connectivity index (χ1v) is 7.56. The highest BCUT2D eigenvalue weighted by Crippen LogP contribution is 2.31. The van der Waals surface area contributed by atoms with Crippen molar-refractivity contribution in [3.05, 3.63) is 30.1 Å². The van der Waals surface area contributed by atoms with Crippen molar-refractivity contribution in [2.75, 3.05) is 38.7 Å². The minimum Gasteiger partial charge on any atom is -0.381 e. The van der Waals surface area contributed by atoms with Crippen molar-refractivity contribution in [1.82, 2.24) is 4.90 Å². The number of benzene rings is 1. The third-order valence-electron chi connectivity index (χ3n) is 4.13. The largest absolute Gasteiger partial charge is 0.381 e. The SMILES string of the molecule is CN(CC(=O)Nc1cccc(F)c1)C(=O)C1(CN)CCOCC1.Cl. The van der Waals surface area contributed by atoms with E-state index >= 15 is 0 Å². The van der Waals surface area contributed by atoms with Crippen LogP contribution in [0, 0.1) is 11.2 Å². The Kier molecular flexibility index (Phi) is 7.59. The molecule has 0 aliphatic carbocycles. The summed E-state index contributed by atoms with van der Waals surface area (Å²) in [7, 11) is 1.57. The predicted molar refractivity (Wildman–Crippen MR) is 91.5 cm³/mol. The molecule has 0 bridgehead atoms. The smallest absolute Gasteiger partial charge is 0.243 e. The number of likely N-dealkylation sites (N-methyl/N-ethyl adjacent to an activating group) is 1. The lowest BCUT2D eigenvalue weighted by molar-refractivity contribution is -0.147. The zero-order valence-electron chi connectivity index (χ0n) is 13.6. The van der Waals surface area contributed by atoms with Gasteiger partial charge in [-0.3, -0.25) is 9.59 Å². The first-order valence-electron chi connectivity index (χ1n) is 7.56. The predicted octanol–water partition coefficient (Wildman–Crippen LogP) is 1.40. The second-order valence-corrected chi connectivity index (χ2v) is 5.82. The number of hydrogen-bond acceptors (Lipinski definition) is 4. The van der Waals surface area contributed by atoms with Crippen molar-refractivity contribution >= 4 is 29.9 Å². The molecule has 1 aromatic carbocycles. The van der Waals surface area contributed by atoms with Gasteiger partial charge in [-0.1, -0.05) is 6.07 Å². The highest BCUT2D eigenvalue weighted by atomic mass is 35.5. The maximum Gasteiger partial charge on any atom is 0.243 e. The lowest BCUT2D eigenvalue weighted by Crippen LogP contribution is -2.51. The molecule has 6 nitrogen and oxygen atoms in total. The van der Waals surface area contributed by atoms with E-state index in [4.69, 9.17) is 10.5 Å². The number of hydrogen-bond donors (Lipinski definition) is 2. The van der Waals surface area contributed by atoms with Crippen molar-refractivity contribution in [2.45, 2.75) is 12.8 Å². The van der Waals surface area contributed by atoms with Crippen molar-refractivity contribution in [2.24, 2.45) is 11.1 Å². The molecule has 3 N–H and O–H groups in total. The number of nitrogens with two attached hydrogens (primary N) is 1. The van der Waals surface area contributed by atoms with Crippen LogP contribution in [0.3, 0.4) is 0 Å². The Labute approximate surface area is 146 Å². The van der Waals surface area contributed by atoms with Crippen LogP contribution in [-0.4, -0.2) is 50.1 Å². The summed E-state index contributed by atoms with van der Waals surface area (Å²) in [5, 5.41) is 2.57. The second kappa shape index (κ2) is 8.96. The number of halogens is 2. The van der Waals surface area contributed by atoms with E-state index in [9.17, 15) is 14.0 Å². The van der Waals surface area contributed by atoms with Gasteiger partial charge in [0.1, 0.15) is 5.82 Å². The van der Waals surface area contributed by atoms with E-state index in [0.717, 1.165) is 0 Å². The molecule has 1 heterocycles.